The highest BCUT2D eigenvalue weighted by Crippen LogP contribution is 2.35. The number of rotatable bonds is 7. The van der Waals surface area contributed by atoms with Crippen molar-refractivity contribution >= 4 is 17.8 Å². The van der Waals surface area contributed by atoms with E-state index in [2.05, 4.69) is 24.5 Å². The van der Waals surface area contributed by atoms with E-state index in [-0.39, 0.29) is 17.8 Å². The molecule has 124 valence electrons. The zero-order chi connectivity index (χ0) is 16.2. The van der Waals surface area contributed by atoms with Crippen LogP contribution in [-0.4, -0.2) is 41.4 Å². The van der Waals surface area contributed by atoms with Crippen LogP contribution < -0.4 is 10.6 Å². The number of urea groups is 1. The van der Waals surface area contributed by atoms with Gasteiger partial charge in [0.1, 0.15) is 5.54 Å². The summed E-state index contributed by atoms with van der Waals surface area (Å²) in [5.41, 5.74) is -0.642. The van der Waals surface area contributed by atoms with Gasteiger partial charge in [-0.3, -0.25) is 14.5 Å². The standard InChI is InChI=1S/C16H27N3O3/c1-12(2)7-10-17-13(20)6-5-11-19-14(21)16(18-15(19)22)8-3-4-9-16/h12H,3-11H2,1-2H3,(H,17,20)(H,18,22). The van der Waals surface area contributed by atoms with E-state index in [0.29, 0.717) is 31.8 Å². The number of imide groups is 1. The van der Waals surface area contributed by atoms with Gasteiger partial charge in [-0.15, -0.1) is 0 Å². The number of hydrogen-bond donors (Lipinski definition) is 2. The molecular formula is C16H27N3O3. The van der Waals surface area contributed by atoms with Crippen molar-refractivity contribution < 1.29 is 14.4 Å². The van der Waals surface area contributed by atoms with E-state index in [9.17, 15) is 14.4 Å². The monoisotopic (exact) mass is 309 g/mol. The van der Waals surface area contributed by atoms with Crippen molar-refractivity contribution in [2.45, 2.75) is 64.3 Å². The minimum atomic E-state index is -0.642. The summed E-state index contributed by atoms with van der Waals surface area (Å²) in [6.45, 7) is 5.23. The largest absolute Gasteiger partial charge is 0.356 e. The second-order valence-electron chi connectivity index (χ2n) is 6.81. The predicted molar refractivity (Wildman–Crippen MR) is 83.1 cm³/mol. The Bertz CT molecular complexity index is 442. The predicted octanol–water partition coefficient (Wildman–Crippen LogP) is 1.79. The van der Waals surface area contributed by atoms with E-state index in [1.54, 1.807) is 0 Å². The number of carbonyl (C=O) groups excluding carboxylic acids is 3. The molecule has 2 fully saturated rings. The van der Waals surface area contributed by atoms with Crippen LogP contribution in [0.5, 0.6) is 0 Å². The summed E-state index contributed by atoms with van der Waals surface area (Å²) in [6, 6.07) is -0.299. The van der Waals surface area contributed by atoms with Crippen molar-refractivity contribution in [2.75, 3.05) is 13.1 Å². The molecular weight excluding hydrogens is 282 g/mol. The molecule has 1 saturated heterocycles. The van der Waals surface area contributed by atoms with Gasteiger partial charge in [0.15, 0.2) is 0 Å². The highest BCUT2D eigenvalue weighted by molar-refractivity contribution is 6.07. The van der Waals surface area contributed by atoms with E-state index in [0.717, 1.165) is 32.1 Å². The van der Waals surface area contributed by atoms with Gasteiger partial charge in [0.25, 0.3) is 5.91 Å². The second-order valence-corrected chi connectivity index (χ2v) is 6.81. The zero-order valence-electron chi connectivity index (χ0n) is 13.6. The Kier molecular flexibility index (Phi) is 5.42. The Morgan fingerprint density at radius 3 is 2.64 bits per heavy atom. The van der Waals surface area contributed by atoms with Crippen molar-refractivity contribution in [3.05, 3.63) is 0 Å². The molecule has 0 radical (unpaired) electrons. The molecule has 4 amide bonds. The Morgan fingerprint density at radius 1 is 1.32 bits per heavy atom. The summed E-state index contributed by atoms with van der Waals surface area (Å²) in [7, 11) is 0. The average molecular weight is 309 g/mol. The summed E-state index contributed by atoms with van der Waals surface area (Å²) in [5, 5.41) is 5.72. The highest BCUT2D eigenvalue weighted by atomic mass is 16.2. The van der Waals surface area contributed by atoms with Crippen LogP contribution in [0.4, 0.5) is 4.79 Å². The number of amides is 4. The van der Waals surface area contributed by atoms with Crippen LogP contribution in [0.2, 0.25) is 0 Å². The molecule has 2 rings (SSSR count). The molecule has 22 heavy (non-hydrogen) atoms. The fourth-order valence-electron chi connectivity index (χ4n) is 3.18. The van der Waals surface area contributed by atoms with E-state index < -0.39 is 5.54 Å². The van der Waals surface area contributed by atoms with E-state index in [1.165, 1.54) is 4.90 Å². The molecule has 1 aliphatic heterocycles. The Hall–Kier alpha value is -1.59. The van der Waals surface area contributed by atoms with Crippen molar-refractivity contribution in [2.24, 2.45) is 5.92 Å². The van der Waals surface area contributed by atoms with E-state index in [1.807, 2.05) is 0 Å². The third-order valence-electron chi connectivity index (χ3n) is 4.53. The van der Waals surface area contributed by atoms with Gasteiger partial charge in [0.05, 0.1) is 0 Å². The maximum Gasteiger partial charge on any atom is 0.325 e. The first kappa shape index (κ1) is 16.8. The molecule has 0 bridgehead atoms. The third-order valence-corrected chi connectivity index (χ3v) is 4.53. The van der Waals surface area contributed by atoms with Crippen LogP contribution in [0.15, 0.2) is 0 Å². The second kappa shape index (κ2) is 7.11. The quantitative estimate of drug-likeness (QED) is 0.704. The minimum Gasteiger partial charge on any atom is -0.356 e. The van der Waals surface area contributed by atoms with Crippen molar-refractivity contribution in [3.8, 4) is 0 Å². The summed E-state index contributed by atoms with van der Waals surface area (Å²) in [4.78, 5) is 37.3. The van der Waals surface area contributed by atoms with Gasteiger partial charge >= 0.3 is 6.03 Å². The molecule has 1 aliphatic carbocycles. The first-order chi connectivity index (χ1) is 10.4. The molecule has 0 aromatic heterocycles. The topological polar surface area (TPSA) is 78.5 Å². The molecule has 0 unspecified atom stereocenters. The van der Waals surface area contributed by atoms with Gasteiger partial charge in [0.2, 0.25) is 5.91 Å². The lowest BCUT2D eigenvalue weighted by Crippen LogP contribution is -2.44. The van der Waals surface area contributed by atoms with Crippen LogP contribution >= 0.6 is 0 Å². The molecule has 6 heteroatoms. The van der Waals surface area contributed by atoms with Crippen LogP contribution in [0.1, 0.15) is 58.8 Å². The van der Waals surface area contributed by atoms with Crippen LogP contribution in [0, 0.1) is 5.92 Å². The molecule has 0 aromatic rings. The number of carbonyl (C=O) groups is 3. The Labute approximate surface area is 132 Å². The van der Waals surface area contributed by atoms with Gasteiger partial charge in [-0.05, 0) is 31.6 Å². The van der Waals surface area contributed by atoms with Crippen molar-refractivity contribution in [3.63, 3.8) is 0 Å². The summed E-state index contributed by atoms with van der Waals surface area (Å²) >= 11 is 0. The van der Waals surface area contributed by atoms with Crippen LogP contribution in [0.3, 0.4) is 0 Å². The molecule has 1 saturated carbocycles. The van der Waals surface area contributed by atoms with Gasteiger partial charge in [-0.25, -0.2) is 4.79 Å². The maximum atomic E-state index is 12.4. The minimum absolute atomic E-state index is 0.0108. The van der Waals surface area contributed by atoms with E-state index >= 15 is 0 Å². The van der Waals surface area contributed by atoms with E-state index in [4.69, 9.17) is 0 Å². The SMILES string of the molecule is CC(C)CCNC(=O)CCCN1C(=O)NC2(CCCC2)C1=O. The summed E-state index contributed by atoms with van der Waals surface area (Å²) in [5.74, 6) is 0.451. The fraction of sp³-hybridized carbons (Fsp3) is 0.812. The Balaban J connectivity index is 1.72. The molecule has 6 nitrogen and oxygen atoms in total. The van der Waals surface area contributed by atoms with Gasteiger partial charge in [-0.1, -0.05) is 26.7 Å². The highest BCUT2D eigenvalue weighted by Gasteiger charge is 2.51. The smallest absolute Gasteiger partial charge is 0.325 e. The molecule has 0 aromatic carbocycles. The first-order valence-electron chi connectivity index (χ1n) is 8.35. The molecule has 0 atom stereocenters. The maximum absolute atomic E-state index is 12.4. The normalized spacial score (nSPS) is 20.0. The van der Waals surface area contributed by atoms with Gasteiger partial charge < -0.3 is 10.6 Å². The lowest BCUT2D eigenvalue weighted by atomic mass is 9.98. The zero-order valence-corrected chi connectivity index (χ0v) is 13.6. The summed E-state index contributed by atoms with van der Waals surface area (Å²) < 4.78 is 0. The van der Waals surface area contributed by atoms with Crippen molar-refractivity contribution in [1.82, 2.24) is 15.5 Å². The van der Waals surface area contributed by atoms with Gasteiger partial charge in [-0.2, -0.15) is 0 Å². The number of nitrogens with zero attached hydrogens (tertiary/aromatic N) is 1. The molecule has 1 spiro atoms. The number of nitrogens with one attached hydrogen (secondary N) is 2. The average Bonchev–Trinajstić information content (AvgIpc) is 2.99. The summed E-state index contributed by atoms with van der Waals surface area (Å²) in [6.07, 6.45) is 5.27. The van der Waals surface area contributed by atoms with Crippen molar-refractivity contribution in [1.29, 1.82) is 0 Å². The lowest BCUT2D eigenvalue weighted by molar-refractivity contribution is -0.131. The molecule has 1 heterocycles. The first-order valence-corrected chi connectivity index (χ1v) is 8.35. The Morgan fingerprint density at radius 2 is 2.00 bits per heavy atom. The molecule has 2 aliphatic rings. The van der Waals surface area contributed by atoms with Gasteiger partial charge in [0, 0.05) is 19.5 Å². The number of hydrogen-bond acceptors (Lipinski definition) is 3. The lowest BCUT2D eigenvalue weighted by Gasteiger charge is -2.19. The third kappa shape index (κ3) is 3.78. The molecule has 2 N–H and O–H groups in total. The van der Waals surface area contributed by atoms with Crippen LogP contribution in [-0.2, 0) is 9.59 Å². The fourth-order valence-corrected chi connectivity index (χ4v) is 3.18. The van der Waals surface area contributed by atoms with Crippen LogP contribution in [0.25, 0.3) is 0 Å².